The van der Waals surface area contributed by atoms with Crippen LogP contribution in [0.15, 0.2) is 48.5 Å². The van der Waals surface area contributed by atoms with Crippen LogP contribution in [0.1, 0.15) is 30.5 Å². The summed E-state index contributed by atoms with van der Waals surface area (Å²) in [6.07, 6.45) is 1.01. The van der Waals surface area contributed by atoms with Gasteiger partial charge in [0.05, 0.1) is 19.8 Å². The van der Waals surface area contributed by atoms with Gasteiger partial charge in [0.2, 0.25) is 0 Å². The number of methoxy groups -OCH3 is 1. The lowest BCUT2D eigenvalue weighted by Crippen LogP contribution is -2.11. The van der Waals surface area contributed by atoms with Crippen molar-refractivity contribution in [3.8, 4) is 11.5 Å². The summed E-state index contributed by atoms with van der Waals surface area (Å²) in [6, 6.07) is 15.7. The molecule has 0 bridgehead atoms. The van der Waals surface area contributed by atoms with E-state index >= 15 is 0 Å². The van der Waals surface area contributed by atoms with Crippen LogP contribution in [0.5, 0.6) is 11.5 Å². The molecule has 0 aliphatic rings. The normalized spacial score (nSPS) is 11.9. The predicted octanol–water partition coefficient (Wildman–Crippen LogP) is 3.53. The summed E-state index contributed by atoms with van der Waals surface area (Å²) in [6.45, 7) is 2.83. The SMILES string of the molecule is CCCOc1ccc(C(N)c2ccc(OC)cc2)cc1. The molecule has 1 atom stereocenters. The van der Waals surface area contributed by atoms with Crippen molar-refractivity contribution < 1.29 is 9.47 Å². The van der Waals surface area contributed by atoms with Gasteiger partial charge in [0.25, 0.3) is 0 Å². The molecule has 0 saturated carbocycles. The van der Waals surface area contributed by atoms with E-state index in [0.717, 1.165) is 35.7 Å². The molecular weight excluding hydrogens is 250 g/mol. The second-order valence-electron chi connectivity index (χ2n) is 4.67. The number of rotatable bonds is 6. The Balaban J connectivity index is 2.09. The zero-order chi connectivity index (χ0) is 14.4. The molecule has 20 heavy (non-hydrogen) atoms. The Labute approximate surface area is 120 Å². The first-order chi connectivity index (χ1) is 9.74. The van der Waals surface area contributed by atoms with Gasteiger partial charge in [-0.25, -0.2) is 0 Å². The van der Waals surface area contributed by atoms with E-state index in [0.29, 0.717) is 0 Å². The van der Waals surface area contributed by atoms with Gasteiger partial charge in [-0.2, -0.15) is 0 Å². The Kier molecular flexibility index (Phi) is 5.02. The van der Waals surface area contributed by atoms with Crippen LogP contribution in [-0.4, -0.2) is 13.7 Å². The molecule has 106 valence electrons. The second kappa shape index (κ2) is 6.96. The molecule has 2 rings (SSSR count). The third-order valence-corrected chi connectivity index (χ3v) is 3.19. The molecule has 3 heteroatoms. The van der Waals surface area contributed by atoms with Crippen LogP contribution in [0.3, 0.4) is 0 Å². The monoisotopic (exact) mass is 271 g/mol. The molecule has 0 saturated heterocycles. The topological polar surface area (TPSA) is 44.5 Å². The van der Waals surface area contributed by atoms with E-state index in [-0.39, 0.29) is 6.04 Å². The van der Waals surface area contributed by atoms with Crippen molar-refractivity contribution in [2.24, 2.45) is 5.73 Å². The summed E-state index contributed by atoms with van der Waals surface area (Å²) in [4.78, 5) is 0. The summed E-state index contributed by atoms with van der Waals surface area (Å²) in [5.74, 6) is 1.72. The van der Waals surface area contributed by atoms with Gasteiger partial charge in [-0.15, -0.1) is 0 Å². The van der Waals surface area contributed by atoms with E-state index < -0.39 is 0 Å². The molecule has 0 aliphatic carbocycles. The van der Waals surface area contributed by atoms with Crippen molar-refractivity contribution in [1.29, 1.82) is 0 Å². The second-order valence-corrected chi connectivity index (χ2v) is 4.67. The van der Waals surface area contributed by atoms with Crippen LogP contribution in [0.4, 0.5) is 0 Å². The first kappa shape index (κ1) is 14.4. The molecule has 0 radical (unpaired) electrons. The minimum Gasteiger partial charge on any atom is -0.497 e. The van der Waals surface area contributed by atoms with Gasteiger partial charge in [-0.05, 0) is 41.8 Å². The highest BCUT2D eigenvalue weighted by Gasteiger charge is 2.09. The summed E-state index contributed by atoms with van der Waals surface area (Å²) >= 11 is 0. The minimum atomic E-state index is -0.138. The van der Waals surface area contributed by atoms with E-state index in [2.05, 4.69) is 6.92 Å². The van der Waals surface area contributed by atoms with Gasteiger partial charge in [-0.3, -0.25) is 0 Å². The van der Waals surface area contributed by atoms with E-state index in [1.54, 1.807) is 7.11 Å². The van der Waals surface area contributed by atoms with Crippen LogP contribution in [0, 0.1) is 0 Å². The third-order valence-electron chi connectivity index (χ3n) is 3.19. The first-order valence-electron chi connectivity index (χ1n) is 6.87. The molecule has 3 nitrogen and oxygen atoms in total. The summed E-state index contributed by atoms with van der Waals surface area (Å²) < 4.78 is 10.7. The smallest absolute Gasteiger partial charge is 0.119 e. The highest BCUT2D eigenvalue weighted by atomic mass is 16.5. The third kappa shape index (κ3) is 3.52. The lowest BCUT2D eigenvalue weighted by molar-refractivity contribution is 0.317. The molecule has 0 amide bonds. The Morgan fingerprint density at radius 1 is 0.900 bits per heavy atom. The zero-order valence-electron chi connectivity index (χ0n) is 12.0. The van der Waals surface area contributed by atoms with Crippen LogP contribution in [0.2, 0.25) is 0 Å². The van der Waals surface area contributed by atoms with E-state index in [4.69, 9.17) is 15.2 Å². The minimum absolute atomic E-state index is 0.138. The Hall–Kier alpha value is -2.00. The Bertz CT molecular complexity index is 520. The molecule has 0 aromatic heterocycles. The van der Waals surface area contributed by atoms with Crippen molar-refractivity contribution in [3.63, 3.8) is 0 Å². The van der Waals surface area contributed by atoms with Crippen molar-refractivity contribution in [2.75, 3.05) is 13.7 Å². The van der Waals surface area contributed by atoms with Crippen LogP contribution in [-0.2, 0) is 0 Å². The number of ether oxygens (including phenoxy) is 2. The summed E-state index contributed by atoms with van der Waals surface area (Å²) in [5, 5.41) is 0. The number of benzene rings is 2. The number of hydrogen-bond acceptors (Lipinski definition) is 3. The summed E-state index contributed by atoms with van der Waals surface area (Å²) in [7, 11) is 1.66. The molecule has 0 fully saturated rings. The van der Waals surface area contributed by atoms with Gasteiger partial charge in [0, 0.05) is 0 Å². The van der Waals surface area contributed by atoms with Gasteiger partial charge < -0.3 is 15.2 Å². The van der Waals surface area contributed by atoms with Crippen molar-refractivity contribution in [2.45, 2.75) is 19.4 Å². The average Bonchev–Trinajstić information content (AvgIpc) is 2.53. The molecule has 2 aromatic carbocycles. The zero-order valence-corrected chi connectivity index (χ0v) is 12.0. The summed E-state index contributed by atoms with van der Waals surface area (Å²) in [5.41, 5.74) is 8.41. The maximum absolute atomic E-state index is 6.28. The van der Waals surface area contributed by atoms with Gasteiger partial charge >= 0.3 is 0 Å². The van der Waals surface area contributed by atoms with E-state index in [1.165, 1.54) is 0 Å². The molecule has 0 aliphatic heterocycles. The van der Waals surface area contributed by atoms with Gasteiger partial charge in [-0.1, -0.05) is 31.2 Å². The van der Waals surface area contributed by atoms with Crippen LogP contribution < -0.4 is 15.2 Å². The van der Waals surface area contributed by atoms with E-state index in [1.807, 2.05) is 48.5 Å². The quantitative estimate of drug-likeness (QED) is 0.874. The lowest BCUT2D eigenvalue weighted by atomic mass is 9.99. The standard InChI is InChI=1S/C17H21NO2/c1-3-12-20-16-10-6-14(7-11-16)17(18)13-4-8-15(19-2)9-5-13/h4-11,17H,3,12,18H2,1-2H3. The van der Waals surface area contributed by atoms with Crippen LogP contribution >= 0.6 is 0 Å². The number of hydrogen-bond donors (Lipinski definition) is 1. The Morgan fingerprint density at radius 2 is 1.40 bits per heavy atom. The first-order valence-corrected chi connectivity index (χ1v) is 6.87. The molecule has 0 spiro atoms. The Morgan fingerprint density at radius 3 is 1.85 bits per heavy atom. The number of nitrogens with two attached hydrogens (primary N) is 1. The molecule has 2 aromatic rings. The maximum Gasteiger partial charge on any atom is 0.119 e. The largest absolute Gasteiger partial charge is 0.497 e. The maximum atomic E-state index is 6.28. The molecule has 1 unspecified atom stereocenters. The molecule has 2 N–H and O–H groups in total. The van der Waals surface area contributed by atoms with Crippen molar-refractivity contribution >= 4 is 0 Å². The lowest BCUT2D eigenvalue weighted by Gasteiger charge is -2.14. The highest BCUT2D eigenvalue weighted by molar-refractivity contribution is 5.37. The average molecular weight is 271 g/mol. The van der Waals surface area contributed by atoms with Crippen LogP contribution in [0.25, 0.3) is 0 Å². The van der Waals surface area contributed by atoms with Gasteiger partial charge in [0.15, 0.2) is 0 Å². The molecule has 0 heterocycles. The fourth-order valence-corrected chi connectivity index (χ4v) is 1.99. The van der Waals surface area contributed by atoms with E-state index in [9.17, 15) is 0 Å². The predicted molar refractivity (Wildman–Crippen MR) is 81.3 cm³/mol. The van der Waals surface area contributed by atoms with Crippen molar-refractivity contribution in [1.82, 2.24) is 0 Å². The fraction of sp³-hybridized carbons (Fsp3) is 0.294. The van der Waals surface area contributed by atoms with Crippen molar-refractivity contribution in [3.05, 3.63) is 59.7 Å². The highest BCUT2D eigenvalue weighted by Crippen LogP contribution is 2.23. The van der Waals surface area contributed by atoms with Gasteiger partial charge in [0.1, 0.15) is 11.5 Å². The fourth-order valence-electron chi connectivity index (χ4n) is 1.99. The molecular formula is C17H21NO2.